The molecule has 1 unspecified atom stereocenters. The van der Waals surface area contributed by atoms with E-state index in [2.05, 4.69) is 5.10 Å². The average Bonchev–Trinajstić information content (AvgIpc) is 2.71. The average molecular weight is 257 g/mol. The lowest BCUT2D eigenvalue weighted by atomic mass is 9.85. The standard InChI is InChI=1S/C13H21ClN2O/c1-2-16-13(11(14)9-15-16)12(17)8-10-6-4-3-5-7-10/h9-10,12,17H,2-8H2,1H3. The van der Waals surface area contributed by atoms with E-state index < -0.39 is 6.10 Å². The molecule has 1 atom stereocenters. The van der Waals surface area contributed by atoms with Crippen LogP contribution >= 0.6 is 11.6 Å². The van der Waals surface area contributed by atoms with E-state index in [1.54, 1.807) is 10.9 Å². The Hall–Kier alpha value is -0.540. The Morgan fingerprint density at radius 3 is 2.82 bits per heavy atom. The van der Waals surface area contributed by atoms with Gasteiger partial charge in [0.1, 0.15) is 0 Å². The van der Waals surface area contributed by atoms with Gasteiger partial charge in [-0.15, -0.1) is 0 Å². The predicted octanol–water partition coefficient (Wildman–Crippen LogP) is 3.56. The van der Waals surface area contributed by atoms with Crippen molar-refractivity contribution in [3.8, 4) is 0 Å². The zero-order chi connectivity index (χ0) is 12.3. The van der Waals surface area contributed by atoms with Gasteiger partial charge < -0.3 is 5.11 Å². The van der Waals surface area contributed by atoms with Crippen LogP contribution in [0.2, 0.25) is 5.02 Å². The van der Waals surface area contributed by atoms with Gasteiger partial charge in [-0.3, -0.25) is 4.68 Å². The van der Waals surface area contributed by atoms with Crippen molar-refractivity contribution in [2.24, 2.45) is 5.92 Å². The predicted molar refractivity (Wildman–Crippen MR) is 69.1 cm³/mol. The summed E-state index contributed by atoms with van der Waals surface area (Å²) in [5.74, 6) is 0.648. The maximum Gasteiger partial charge on any atom is 0.0974 e. The smallest absolute Gasteiger partial charge is 0.0974 e. The van der Waals surface area contributed by atoms with Gasteiger partial charge in [0.15, 0.2) is 0 Å². The molecule has 0 aromatic carbocycles. The van der Waals surface area contributed by atoms with Crippen LogP contribution in [0.5, 0.6) is 0 Å². The number of aliphatic hydroxyl groups excluding tert-OH is 1. The Morgan fingerprint density at radius 1 is 1.47 bits per heavy atom. The Bertz CT molecular complexity index is 358. The zero-order valence-corrected chi connectivity index (χ0v) is 11.2. The molecule has 1 aliphatic rings. The lowest BCUT2D eigenvalue weighted by Crippen LogP contribution is -2.14. The van der Waals surface area contributed by atoms with Crippen LogP contribution in [0, 0.1) is 5.92 Å². The number of hydrogen-bond acceptors (Lipinski definition) is 2. The third kappa shape index (κ3) is 3.02. The van der Waals surface area contributed by atoms with Crippen LogP contribution in [0.15, 0.2) is 6.20 Å². The van der Waals surface area contributed by atoms with E-state index in [9.17, 15) is 5.11 Å². The van der Waals surface area contributed by atoms with Crippen LogP contribution in [-0.2, 0) is 6.54 Å². The molecule has 1 saturated carbocycles. The third-order valence-corrected chi connectivity index (χ3v) is 4.02. The van der Waals surface area contributed by atoms with Gasteiger partial charge in [-0.2, -0.15) is 5.10 Å². The molecule has 1 aliphatic carbocycles. The zero-order valence-electron chi connectivity index (χ0n) is 10.4. The molecule has 1 N–H and O–H groups in total. The third-order valence-electron chi connectivity index (χ3n) is 3.73. The van der Waals surface area contributed by atoms with Gasteiger partial charge >= 0.3 is 0 Å². The van der Waals surface area contributed by atoms with Crippen LogP contribution in [0.3, 0.4) is 0 Å². The van der Waals surface area contributed by atoms with Crippen molar-refractivity contribution < 1.29 is 5.11 Å². The molecule has 0 aliphatic heterocycles. The lowest BCUT2D eigenvalue weighted by molar-refractivity contribution is 0.122. The molecule has 3 nitrogen and oxygen atoms in total. The topological polar surface area (TPSA) is 38.0 Å². The summed E-state index contributed by atoms with van der Waals surface area (Å²) in [6.45, 7) is 2.77. The molecule has 17 heavy (non-hydrogen) atoms. The van der Waals surface area contributed by atoms with Gasteiger partial charge in [0.05, 0.1) is 23.0 Å². The highest BCUT2D eigenvalue weighted by atomic mass is 35.5. The second-order valence-corrected chi connectivity index (χ2v) is 5.36. The number of halogens is 1. The van der Waals surface area contributed by atoms with Crippen molar-refractivity contribution in [2.45, 2.75) is 58.1 Å². The second-order valence-electron chi connectivity index (χ2n) is 4.95. The van der Waals surface area contributed by atoms with Crippen molar-refractivity contribution in [1.82, 2.24) is 9.78 Å². The molecular weight excluding hydrogens is 236 g/mol. The minimum atomic E-state index is -0.465. The van der Waals surface area contributed by atoms with Crippen LogP contribution in [0.25, 0.3) is 0 Å². The molecule has 1 aromatic heterocycles. The van der Waals surface area contributed by atoms with Crippen molar-refractivity contribution in [1.29, 1.82) is 0 Å². The first kappa shape index (κ1) is 12.9. The molecule has 1 fully saturated rings. The normalized spacial score (nSPS) is 19.5. The van der Waals surface area contributed by atoms with Crippen molar-refractivity contribution in [3.63, 3.8) is 0 Å². The van der Waals surface area contributed by atoms with Crippen molar-refractivity contribution >= 4 is 11.6 Å². The van der Waals surface area contributed by atoms with Crippen molar-refractivity contribution in [3.05, 3.63) is 16.9 Å². The molecule has 0 spiro atoms. The van der Waals surface area contributed by atoms with E-state index in [0.717, 1.165) is 18.7 Å². The number of aryl methyl sites for hydroxylation is 1. The first-order valence-corrected chi connectivity index (χ1v) is 6.99. The van der Waals surface area contributed by atoms with Gasteiger partial charge in [-0.25, -0.2) is 0 Å². The first-order valence-electron chi connectivity index (χ1n) is 6.61. The van der Waals surface area contributed by atoms with E-state index in [1.165, 1.54) is 32.1 Å². The Morgan fingerprint density at radius 2 is 2.18 bits per heavy atom. The molecule has 0 bridgehead atoms. The molecule has 96 valence electrons. The molecule has 4 heteroatoms. The highest BCUT2D eigenvalue weighted by Crippen LogP contribution is 2.33. The monoisotopic (exact) mass is 256 g/mol. The molecule has 0 amide bonds. The molecule has 1 heterocycles. The summed E-state index contributed by atoms with van der Waals surface area (Å²) in [7, 11) is 0. The van der Waals surface area contributed by atoms with E-state index >= 15 is 0 Å². The first-order chi connectivity index (χ1) is 8.22. The Balaban J connectivity index is 2.02. The summed E-state index contributed by atoms with van der Waals surface area (Å²) in [6.07, 6.45) is 8.43. The van der Waals surface area contributed by atoms with E-state index in [0.29, 0.717) is 10.9 Å². The van der Waals surface area contributed by atoms with Crippen LogP contribution in [-0.4, -0.2) is 14.9 Å². The Kier molecular flexibility index (Phi) is 4.46. The van der Waals surface area contributed by atoms with E-state index in [4.69, 9.17) is 11.6 Å². The maximum atomic E-state index is 10.3. The fraction of sp³-hybridized carbons (Fsp3) is 0.769. The number of rotatable bonds is 4. The number of aliphatic hydroxyl groups is 1. The van der Waals surface area contributed by atoms with Gasteiger partial charge in [-0.05, 0) is 19.3 Å². The van der Waals surface area contributed by atoms with Crippen LogP contribution in [0.4, 0.5) is 0 Å². The molecule has 0 saturated heterocycles. The van der Waals surface area contributed by atoms with Gasteiger partial charge in [0.2, 0.25) is 0 Å². The number of hydrogen-bond donors (Lipinski definition) is 1. The van der Waals surface area contributed by atoms with E-state index in [1.807, 2.05) is 6.92 Å². The minimum Gasteiger partial charge on any atom is -0.387 e. The van der Waals surface area contributed by atoms with Gasteiger partial charge in [0.25, 0.3) is 0 Å². The highest BCUT2D eigenvalue weighted by Gasteiger charge is 2.22. The van der Waals surface area contributed by atoms with Crippen LogP contribution < -0.4 is 0 Å². The quantitative estimate of drug-likeness (QED) is 0.895. The fourth-order valence-electron chi connectivity index (χ4n) is 2.81. The fourth-order valence-corrected chi connectivity index (χ4v) is 3.07. The number of nitrogens with zero attached hydrogens (tertiary/aromatic N) is 2. The summed E-state index contributed by atoms with van der Waals surface area (Å²) in [5.41, 5.74) is 0.791. The summed E-state index contributed by atoms with van der Waals surface area (Å²) >= 11 is 6.09. The molecule has 2 rings (SSSR count). The summed E-state index contributed by atoms with van der Waals surface area (Å²) in [6, 6.07) is 0. The van der Waals surface area contributed by atoms with Crippen molar-refractivity contribution in [2.75, 3.05) is 0 Å². The van der Waals surface area contributed by atoms with E-state index in [-0.39, 0.29) is 0 Å². The lowest BCUT2D eigenvalue weighted by Gasteiger charge is -2.24. The minimum absolute atomic E-state index is 0.465. The molecule has 0 radical (unpaired) electrons. The Labute approximate surface area is 108 Å². The summed E-state index contributed by atoms with van der Waals surface area (Å²) in [5, 5.41) is 15.1. The molecule has 1 aromatic rings. The summed E-state index contributed by atoms with van der Waals surface area (Å²) < 4.78 is 1.80. The SMILES string of the molecule is CCn1ncc(Cl)c1C(O)CC1CCCCC1. The molecular formula is C13H21ClN2O. The summed E-state index contributed by atoms with van der Waals surface area (Å²) in [4.78, 5) is 0. The maximum absolute atomic E-state index is 10.3. The second kappa shape index (κ2) is 5.87. The highest BCUT2D eigenvalue weighted by molar-refractivity contribution is 6.31. The number of aromatic nitrogens is 2. The van der Waals surface area contributed by atoms with Gasteiger partial charge in [-0.1, -0.05) is 43.7 Å². The van der Waals surface area contributed by atoms with Gasteiger partial charge in [0, 0.05) is 6.54 Å². The van der Waals surface area contributed by atoms with Crippen LogP contribution in [0.1, 0.15) is 57.2 Å². The largest absolute Gasteiger partial charge is 0.387 e.